The minimum Gasteiger partial charge on any atom is -0.414 e. The van der Waals surface area contributed by atoms with Crippen LogP contribution in [0.3, 0.4) is 0 Å². The van der Waals surface area contributed by atoms with Gasteiger partial charge >= 0.3 is 0 Å². The predicted molar refractivity (Wildman–Crippen MR) is 160 cm³/mol. The van der Waals surface area contributed by atoms with Crippen molar-refractivity contribution in [1.29, 1.82) is 0 Å². The highest BCUT2D eigenvalue weighted by Gasteiger charge is 2.53. The van der Waals surface area contributed by atoms with E-state index in [-0.39, 0.29) is 28.2 Å². The highest BCUT2D eigenvalue weighted by molar-refractivity contribution is 7.91. The van der Waals surface area contributed by atoms with Gasteiger partial charge in [0, 0.05) is 6.10 Å². The zero-order chi connectivity index (χ0) is 27.9. The third-order valence-corrected chi connectivity index (χ3v) is 16.9. The lowest BCUT2D eigenvalue weighted by Crippen LogP contribution is -2.51. The molecule has 1 aromatic carbocycles. The normalized spacial score (nSPS) is 28.2. The van der Waals surface area contributed by atoms with Gasteiger partial charge in [0.15, 0.2) is 18.2 Å². The van der Waals surface area contributed by atoms with Crippen molar-refractivity contribution >= 4 is 18.2 Å². The molecule has 0 aliphatic heterocycles. The van der Waals surface area contributed by atoms with Crippen LogP contribution < -0.4 is 0 Å². The molecule has 210 valence electrons. The molecule has 1 aromatic rings. The summed E-state index contributed by atoms with van der Waals surface area (Å²) in [6.07, 6.45) is 9.25. The first-order chi connectivity index (χ1) is 16.9. The monoisotopic (exact) mass is 546 g/mol. The molecule has 0 amide bonds. The maximum Gasteiger partial charge on any atom is 0.192 e. The van der Waals surface area contributed by atoms with Gasteiger partial charge in [-0.25, -0.2) is 8.42 Å². The smallest absolute Gasteiger partial charge is 0.192 e. The summed E-state index contributed by atoms with van der Waals surface area (Å²) in [4.78, 5) is 0.426. The number of allylic oxidation sites excluding steroid dienone is 2. The van der Waals surface area contributed by atoms with Crippen LogP contribution in [0.1, 0.15) is 93.9 Å². The fraction of sp³-hybridized carbons (Fsp3) is 0.750. The van der Waals surface area contributed by atoms with E-state index in [4.69, 9.17) is 4.43 Å². The Morgan fingerprint density at radius 3 is 2.30 bits per heavy atom. The molecule has 0 spiro atoms. The standard InChI is InChI=1S/C32H54O3SSi/c1-24-17-18-29-31(6,7)20-14-21-32(29,8)27(24)23-28(35-37(9,10)30(3,4)5)25(2)19-22-36(33,34)26-15-12-11-13-16-26/h11-13,15-17,25,27-29H,14,18-23H2,1-10H3/t25-,27+,28-,29+,32-/m1/s1. The molecule has 0 radical (unpaired) electrons. The van der Waals surface area contributed by atoms with Gasteiger partial charge in [0.25, 0.3) is 0 Å². The zero-order valence-electron chi connectivity index (χ0n) is 25.4. The van der Waals surface area contributed by atoms with E-state index in [2.05, 4.69) is 74.6 Å². The van der Waals surface area contributed by atoms with E-state index < -0.39 is 18.2 Å². The molecule has 0 N–H and O–H groups in total. The molecule has 37 heavy (non-hydrogen) atoms. The number of benzene rings is 1. The fourth-order valence-corrected chi connectivity index (χ4v) is 9.98. The Morgan fingerprint density at radius 2 is 1.70 bits per heavy atom. The number of fused-ring (bicyclic) bond motifs is 1. The minimum absolute atomic E-state index is 0.0563. The Bertz CT molecular complexity index is 1050. The van der Waals surface area contributed by atoms with Gasteiger partial charge < -0.3 is 4.43 Å². The Hall–Kier alpha value is -0.913. The number of rotatable bonds is 9. The van der Waals surface area contributed by atoms with Crippen LogP contribution in [-0.2, 0) is 14.3 Å². The van der Waals surface area contributed by atoms with Crippen molar-refractivity contribution in [2.75, 3.05) is 5.75 Å². The van der Waals surface area contributed by atoms with Gasteiger partial charge in [0.1, 0.15) is 0 Å². The first-order valence-corrected chi connectivity index (χ1v) is 19.1. The molecular weight excluding hydrogens is 493 g/mol. The topological polar surface area (TPSA) is 43.4 Å². The molecule has 1 saturated carbocycles. The van der Waals surface area contributed by atoms with E-state index in [0.717, 1.165) is 6.42 Å². The zero-order valence-corrected chi connectivity index (χ0v) is 27.2. The summed E-state index contributed by atoms with van der Waals surface area (Å²) in [7, 11) is -5.35. The van der Waals surface area contributed by atoms with Crippen LogP contribution in [0.15, 0.2) is 46.9 Å². The Morgan fingerprint density at radius 1 is 1.08 bits per heavy atom. The summed E-state index contributed by atoms with van der Waals surface area (Å²) in [5.74, 6) is 1.50. The van der Waals surface area contributed by atoms with Crippen molar-refractivity contribution in [3.8, 4) is 0 Å². The molecule has 3 rings (SSSR count). The van der Waals surface area contributed by atoms with Gasteiger partial charge in [0.2, 0.25) is 0 Å². The SMILES string of the molecule is CC1=CC[C@H]2C(C)(C)CCC[C@]2(C)[C@H]1C[C@@H](O[Si](C)(C)C(C)(C)C)[C@H](C)CCS(=O)(=O)c1ccccc1. The van der Waals surface area contributed by atoms with Gasteiger partial charge in [-0.1, -0.05) is 84.7 Å². The molecule has 5 heteroatoms. The third-order valence-electron chi connectivity index (χ3n) is 10.6. The van der Waals surface area contributed by atoms with Crippen LogP contribution in [0.2, 0.25) is 18.1 Å². The van der Waals surface area contributed by atoms with Crippen molar-refractivity contribution < 1.29 is 12.8 Å². The van der Waals surface area contributed by atoms with E-state index in [1.165, 1.54) is 31.3 Å². The molecule has 2 aliphatic carbocycles. The Balaban J connectivity index is 1.89. The highest BCUT2D eigenvalue weighted by atomic mass is 32.2. The number of hydrogen-bond acceptors (Lipinski definition) is 3. The largest absolute Gasteiger partial charge is 0.414 e. The van der Waals surface area contributed by atoms with Gasteiger partial charge in [-0.15, -0.1) is 0 Å². The van der Waals surface area contributed by atoms with E-state index in [1.54, 1.807) is 24.3 Å². The molecule has 0 aromatic heterocycles. The number of hydrogen-bond donors (Lipinski definition) is 0. The summed E-state index contributed by atoms with van der Waals surface area (Å²) < 4.78 is 33.4. The van der Waals surface area contributed by atoms with Crippen LogP contribution >= 0.6 is 0 Å². The molecule has 0 heterocycles. The third kappa shape index (κ3) is 6.63. The average Bonchev–Trinajstić information content (AvgIpc) is 2.78. The summed E-state index contributed by atoms with van der Waals surface area (Å²) in [6, 6.07) is 8.91. The minimum atomic E-state index is -3.31. The molecule has 5 atom stereocenters. The average molecular weight is 547 g/mol. The van der Waals surface area contributed by atoms with Crippen molar-refractivity contribution in [2.24, 2.45) is 28.6 Å². The van der Waals surface area contributed by atoms with Crippen LogP contribution in [0.4, 0.5) is 0 Å². The van der Waals surface area contributed by atoms with Gasteiger partial charge in [0.05, 0.1) is 10.6 Å². The predicted octanol–water partition coefficient (Wildman–Crippen LogP) is 9.07. The Kier molecular flexibility index (Phi) is 9.04. The maximum atomic E-state index is 13.1. The second-order valence-corrected chi connectivity index (χ2v) is 21.6. The molecule has 2 aliphatic rings. The number of sulfone groups is 1. The summed E-state index contributed by atoms with van der Waals surface area (Å²) >= 11 is 0. The van der Waals surface area contributed by atoms with E-state index in [1.807, 2.05) is 6.07 Å². The van der Waals surface area contributed by atoms with Crippen molar-refractivity contribution in [2.45, 2.75) is 123 Å². The van der Waals surface area contributed by atoms with E-state index in [0.29, 0.717) is 28.6 Å². The maximum absolute atomic E-state index is 13.1. The lowest BCUT2D eigenvalue weighted by Gasteiger charge is -2.57. The second kappa shape index (κ2) is 10.9. The molecule has 0 bridgehead atoms. The summed E-state index contributed by atoms with van der Waals surface area (Å²) in [6.45, 7) is 23.6. The quantitative estimate of drug-likeness (QED) is 0.229. The van der Waals surface area contributed by atoms with Gasteiger partial charge in [-0.05, 0) is 97.9 Å². The first-order valence-electron chi connectivity index (χ1n) is 14.5. The van der Waals surface area contributed by atoms with Crippen molar-refractivity contribution in [3.05, 3.63) is 42.0 Å². The molecule has 3 nitrogen and oxygen atoms in total. The van der Waals surface area contributed by atoms with Gasteiger partial charge in [-0.2, -0.15) is 0 Å². The lowest BCUT2D eigenvalue weighted by molar-refractivity contribution is -0.0524. The molecular formula is C32H54O3SSi. The highest BCUT2D eigenvalue weighted by Crippen LogP contribution is 2.61. The first kappa shape index (κ1) is 30.6. The van der Waals surface area contributed by atoms with Crippen LogP contribution in [0, 0.1) is 28.6 Å². The molecule has 0 unspecified atom stereocenters. The van der Waals surface area contributed by atoms with Crippen molar-refractivity contribution in [1.82, 2.24) is 0 Å². The summed E-state index contributed by atoms with van der Waals surface area (Å²) in [5.41, 5.74) is 2.14. The fourth-order valence-electron chi connectivity index (χ4n) is 7.05. The summed E-state index contributed by atoms with van der Waals surface area (Å²) in [5, 5.41) is 0.109. The van der Waals surface area contributed by atoms with Crippen molar-refractivity contribution in [3.63, 3.8) is 0 Å². The van der Waals surface area contributed by atoms with Crippen LogP contribution in [0.5, 0.6) is 0 Å². The second-order valence-electron chi connectivity index (χ2n) is 14.7. The molecule has 1 fully saturated rings. The van der Waals surface area contributed by atoms with Crippen LogP contribution in [-0.4, -0.2) is 28.6 Å². The molecule has 0 saturated heterocycles. The Labute approximate surface area is 229 Å². The van der Waals surface area contributed by atoms with Gasteiger partial charge in [-0.3, -0.25) is 0 Å². The van der Waals surface area contributed by atoms with Crippen LogP contribution in [0.25, 0.3) is 0 Å². The lowest BCUT2D eigenvalue weighted by atomic mass is 9.48. The van der Waals surface area contributed by atoms with E-state index >= 15 is 0 Å². The van der Waals surface area contributed by atoms with E-state index in [9.17, 15) is 8.42 Å².